The average molecular weight is 495 g/mol. The van der Waals surface area contributed by atoms with E-state index in [0.29, 0.717) is 28.6 Å². The number of esters is 2. The largest absolute Gasteiger partial charge is 0.462 e. The maximum absolute atomic E-state index is 12.0. The smallest absolute Gasteiger partial charge is 0.338 e. The topological polar surface area (TPSA) is 111 Å². The summed E-state index contributed by atoms with van der Waals surface area (Å²) >= 11 is 11.7. The van der Waals surface area contributed by atoms with Gasteiger partial charge >= 0.3 is 11.9 Å². The Morgan fingerprint density at radius 2 is 1.45 bits per heavy atom. The first kappa shape index (κ1) is 26.2. The molecule has 0 spiro atoms. The third kappa shape index (κ3) is 9.51. The van der Waals surface area contributed by atoms with Crippen molar-refractivity contribution in [2.24, 2.45) is 5.92 Å². The normalized spacial score (nSPS) is 10.5. The van der Waals surface area contributed by atoms with E-state index in [2.05, 4.69) is 10.6 Å². The lowest BCUT2D eigenvalue weighted by atomic mass is 10.2. The maximum atomic E-state index is 12.0. The monoisotopic (exact) mass is 494 g/mol. The number of benzene rings is 2. The first-order chi connectivity index (χ1) is 15.6. The Balaban J connectivity index is 1.70. The van der Waals surface area contributed by atoms with Gasteiger partial charge in [-0.2, -0.15) is 0 Å². The highest BCUT2D eigenvalue weighted by Crippen LogP contribution is 2.24. The van der Waals surface area contributed by atoms with Gasteiger partial charge in [0.05, 0.1) is 28.6 Å². The molecule has 0 fully saturated rings. The minimum atomic E-state index is -0.697. The van der Waals surface area contributed by atoms with Crippen LogP contribution in [0.1, 0.15) is 37.0 Å². The molecule has 0 aliphatic rings. The third-order valence-electron chi connectivity index (χ3n) is 4.08. The van der Waals surface area contributed by atoms with Crippen LogP contribution in [0.25, 0.3) is 0 Å². The van der Waals surface area contributed by atoms with Gasteiger partial charge in [0.2, 0.25) is 5.91 Å². The summed E-state index contributed by atoms with van der Waals surface area (Å²) in [5, 5.41) is 5.76. The first-order valence-corrected chi connectivity index (χ1v) is 10.9. The number of hydrogen-bond acceptors (Lipinski definition) is 6. The highest BCUT2D eigenvalue weighted by atomic mass is 35.5. The number of hydrogen-bond donors (Lipinski definition) is 2. The number of ether oxygens (including phenoxy) is 2. The molecule has 0 saturated carbocycles. The predicted octanol–water partition coefficient (Wildman–Crippen LogP) is 4.71. The second kappa shape index (κ2) is 12.8. The predicted molar refractivity (Wildman–Crippen MR) is 125 cm³/mol. The van der Waals surface area contributed by atoms with Crippen LogP contribution in [0.2, 0.25) is 10.0 Å². The lowest BCUT2D eigenvalue weighted by molar-refractivity contribution is -0.147. The number of carbonyl (C=O) groups excluding carboxylic acids is 4. The van der Waals surface area contributed by atoms with Crippen molar-refractivity contribution < 1.29 is 28.7 Å². The molecule has 0 aliphatic carbocycles. The Bertz CT molecular complexity index is 1010. The van der Waals surface area contributed by atoms with Crippen LogP contribution in [0.3, 0.4) is 0 Å². The minimum absolute atomic E-state index is 0.134. The van der Waals surface area contributed by atoms with Crippen LogP contribution in [0.15, 0.2) is 42.5 Å². The lowest BCUT2D eigenvalue weighted by Gasteiger charge is -2.09. The molecule has 0 aliphatic heterocycles. The van der Waals surface area contributed by atoms with Crippen molar-refractivity contribution in [3.63, 3.8) is 0 Å². The molecule has 0 radical (unpaired) electrons. The van der Waals surface area contributed by atoms with E-state index in [1.165, 1.54) is 12.1 Å². The van der Waals surface area contributed by atoms with E-state index in [1.54, 1.807) is 30.3 Å². The highest BCUT2D eigenvalue weighted by molar-refractivity contribution is 6.42. The maximum Gasteiger partial charge on any atom is 0.338 e. The summed E-state index contributed by atoms with van der Waals surface area (Å²) in [5.41, 5.74) is 1.25. The molecule has 0 saturated heterocycles. The van der Waals surface area contributed by atoms with Crippen LogP contribution >= 0.6 is 23.2 Å². The standard InChI is InChI=1S/C23H24Cl2N2O6/c1-14(2)12-33-23(31)15-3-5-16(6-4-15)26-20(28)9-10-22(30)32-13-21(29)27-17-7-8-18(24)19(25)11-17/h3-8,11,14H,9-10,12-13H2,1-2H3,(H,26,28)(H,27,29). The summed E-state index contributed by atoms with van der Waals surface area (Å²) in [6, 6.07) is 10.8. The third-order valence-corrected chi connectivity index (χ3v) is 4.81. The molecule has 33 heavy (non-hydrogen) atoms. The van der Waals surface area contributed by atoms with Crippen molar-refractivity contribution in [1.82, 2.24) is 0 Å². The highest BCUT2D eigenvalue weighted by Gasteiger charge is 2.12. The summed E-state index contributed by atoms with van der Waals surface area (Å²) in [5.74, 6) is -1.87. The van der Waals surface area contributed by atoms with Crippen LogP contribution in [0.5, 0.6) is 0 Å². The van der Waals surface area contributed by atoms with Gasteiger partial charge < -0.3 is 20.1 Å². The molecule has 176 valence electrons. The zero-order valence-electron chi connectivity index (χ0n) is 18.2. The van der Waals surface area contributed by atoms with Crippen LogP contribution in [0.4, 0.5) is 11.4 Å². The van der Waals surface area contributed by atoms with E-state index in [1.807, 2.05) is 13.8 Å². The molecule has 8 nitrogen and oxygen atoms in total. The zero-order chi connectivity index (χ0) is 24.4. The minimum Gasteiger partial charge on any atom is -0.462 e. The summed E-state index contributed by atoms with van der Waals surface area (Å²) in [6.45, 7) is 3.70. The number of rotatable bonds is 10. The van der Waals surface area contributed by atoms with Crippen molar-refractivity contribution >= 4 is 58.3 Å². The Morgan fingerprint density at radius 1 is 0.818 bits per heavy atom. The SMILES string of the molecule is CC(C)COC(=O)c1ccc(NC(=O)CCC(=O)OCC(=O)Nc2ccc(Cl)c(Cl)c2)cc1. The Kier molecular flexibility index (Phi) is 10.2. The molecular weight excluding hydrogens is 471 g/mol. The van der Waals surface area contributed by atoms with Gasteiger partial charge in [0.1, 0.15) is 0 Å². The van der Waals surface area contributed by atoms with Gasteiger partial charge in [0.15, 0.2) is 6.61 Å². The Morgan fingerprint density at radius 3 is 2.09 bits per heavy atom. The summed E-state index contributed by atoms with van der Waals surface area (Å²) in [7, 11) is 0. The summed E-state index contributed by atoms with van der Waals surface area (Å²) in [6.07, 6.45) is -0.336. The van der Waals surface area contributed by atoms with Gasteiger partial charge in [0.25, 0.3) is 5.91 Å². The number of nitrogens with one attached hydrogen (secondary N) is 2. The summed E-state index contributed by atoms with van der Waals surface area (Å²) in [4.78, 5) is 47.6. The van der Waals surface area contributed by atoms with Crippen LogP contribution < -0.4 is 10.6 Å². The van der Waals surface area contributed by atoms with E-state index < -0.39 is 30.4 Å². The molecule has 0 aromatic heterocycles. The number of anilines is 2. The fourth-order valence-electron chi connectivity index (χ4n) is 2.44. The molecule has 10 heteroatoms. The summed E-state index contributed by atoms with van der Waals surface area (Å²) < 4.78 is 10.0. The quantitative estimate of drug-likeness (QED) is 0.462. The lowest BCUT2D eigenvalue weighted by Crippen LogP contribution is -2.21. The first-order valence-electron chi connectivity index (χ1n) is 10.1. The van der Waals surface area contributed by atoms with Gasteiger partial charge in [-0.05, 0) is 48.4 Å². The van der Waals surface area contributed by atoms with E-state index in [0.717, 1.165) is 0 Å². The van der Waals surface area contributed by atoms with Crippen molar-refractivity contribution in [3.05, 3.63) is 58.1 Å². The van der Waals surface area contributed by atoms with Crippen molar-refractivity contribution in [2.75, 3.05) is 23.8 Å². The second-order valence-electron chi connectivity index (χ2n) is 7.46. The van der Waals surface area contributed by atoms with Crippen LogP contribution in [-0.2, 0) is 23.9 Å². The molecule has 0 unspecified atom stereocenters. The van der Waals surface area contributed by atoms with Crippen molar-refractivity contribution in [1.29, 1.82) is 0 Å². The molecular formula is C23H24Cl2N2O6. The van der Waals surface area contributed by atoms with Crippen LogP contribution in [0, 0.1) is 5.92 Å². The van der Waals surface area contributed by atoms with Crippen molar-refractivity contribution in [2.45, 2.75) is 26.7 Å². The van der Waals surface area contributed by atoms with Crippen molar-refractivity contribution in [3.8, 4) is 0 Å². The molecule has 0 heterocycles. The molecule has 2 aromatic carbocycles. The zero-order valence-corrected chi connectivity index (χ0v) is 19.7. The molecule has 0 atom stereocenters. The van der Waals surface area contributed by atoms with Gasteiger partial charge in [-0.1, -0.05) is 37.0 Å². The number of carbonyl (C=O) groups is 4. The number of halogens is 2. The molecule has 2 rings (SSSR count). The van der Waals surface area contributed by atoms with Gasteiger partial charge in [-0.3, -0.25) is 14.4 Å². The molecule has 2 N–H and O–H groups in total. The van der Waals surface area contributed by atoms with Gasteiger partial charge in [-0.15, -0.1) is 0 Å². The fraction of sp³-hybridized carbons (Fsp3) is 0.304. The fourth-order valence-corrected chi connectivity index (χ4v) is 2.74. The van der Waals surface area contributed by atoms with Gasteiger partial charge in [0, 0.05) is 17.8 Å². The Labute approximate surface area is 201 Å². The van der Waals surface area contributed by atoms with Gasteiger partial charge in [-0.25, -0.2) is 4.79 Å². The molecule has 0 bridgehead atoms. The average Bonchev–Trinajstić information content (AvgIpc) is 2.77. The van der Waals surface area contributed by atoms with E-state index in [9.17, 15) is 19.2 Å². The van der Waals surface area contributed by atoms with E-state index in [-0.39, 0.29) is 23.8 Å². The molecule has 2 amide bonds. The van der Waals surface area contributed by atoms with E-state index >= 15 is 0 Å². The van der Waals surface area contributed by atoms with E-state index in [4.69, 9.17) is 32.7 Å². The van der Waals surface area contributed by atoms with Crippen LogP contribution in [-0.4, -0.2) is 37.0 Å². The Hall–Kier alpha value is -3.10. The molecule has 2 aromatic rings. The number of amides is 2. The second-order valence-corrected chi connectivity index (χ2v) is 8.27.